The van der Waals surface area contributed by atoms with Crippen molar-refractivity contribution in [2.45, 2.75) is 45.1 Å². The second-order valence-electron chi connectivity index (χ2n) is 9.04. The van der Waals surface area contributed by atoms with E-state index in [1.54, 1.807) is 0 Å². The Kier molecular flexibility index (Phi) is 6.91. The lowest BCUT2D eigenvalue weighted by molar-refractivity contribution is -0.157. The number of carbonyl (C=O) groups is 1. The van der Waals surface area contributed by atoms with E-state index in [0.717, 1.165) is 65.1 Å². The Hall–Kier alpha value is -1.69. The molecule has 0 unspecified atom stereocenters. The second-order valence-corrected chi connectivity index (χ2v) is 9.04. The smallest absolute Gasteiger partial charge is 0.243 e. The summed E-state index contributed by atoms with van der Waals surface area (Å²) < 4.78 is 11.2. The number of likely N-dealkylation sites (tertiary alicyclic amines) is 1. The summed E-state index contributed by atoms with van der Waals surface area (Å²) in [6.07, 6.45) is 8.35. The van der Waals surface area contributed by atoms with Crippen molar-refractivity contribution in [2.75, 3.05) is 52.6 Å². The van der Waals surface area contributed by atoms with Crippen molar-refractivity contribution >= 4 is 12.0 Å². The lowest BCUT2D eigenvalue weighted by Gasteiger charge is -2.49. The molecule has 0 aliphatic carbocycles. The van der Waals surface area contributed by atoms with Crippen LogP contribution in [-0.2, 0) is 14.3 Å². The number of piperidine rings is 1. The Morgan fingerprint density at radius 3 is 2.20 bits per heavy atom. The standard InChI is InChI=1S/C25H36N2O3/c1-20-4-3-5-21(2)23(20)7-6-22-8-12-26(13-9-22)24(28)25(10-16-29-17-11-25)27-14-18-30-19-15-27/h3-7,22H,8-19H2,1-2H3/b7-6+. The van der Waals surface area contributed by atoms with Crippen molar-refractivity contribution in [1.82, 2.24) is 9.80 Å². The van der Waals surface area contributed by atoms with E-state index in [1.165, 1.54) is 16.7 Å². The molecule has 3 aliphatic heterocycles. The third-order valence-corrected chi connectivity index (χ3v) is 7.24. The third kappa shape index (κ3) is 4.48. The quantitative estimate of drug-likeness (QED) is 0.760. The molecule has 1 aromatic carbocycles. The van der Waals surface area contributed by atoms with Gasteiger partial charge in [-0.05, 0) is 62.1 Å². The van der Waals surface area contributed by atoms with Gasteiger partial charge in [-0.25, -0.2) is 0 Å². The Morgan fingerprint density at radius 1 is 0.967 bits per heavy atom. The van der Waals surface area contributed by atoms with Crippen LogP contribution in [0.4, 0.5) is 0 Å². The van der Waals surface area contributed by atoms with Crippen LogP contribution in [0.3, 0.4) is 0 Å². The van der Waals surface area contributed by atoms with Crippen LogP contribution in [0.1, 0.15) is 42.4 Å². The molecule has 5 nitrogen and oxygen atoms in total. The molecule has 0 N–H and O–H groups in total. The molecule has 0 atom stereocenters. The molecular formula is C25H36N2O3. The molecule has 1 amide bonds. The topological polar surface area (TPSA) is 42.0 Å². The van der Waals surface area contributed by atoms with Gasteiger partial charge in [-0.15, -0.1) is 0 Å². The molecule has 0 bridgehead atoms. The van der Waals surface area contributed by atoms with Crippen LogP contribution in [0.25, 0.3) is 6.08 Å². The van der Waals surface area contributed by atoms with Crippen LogP contribution >= 0.6 is 0 Å². The Balaban J connectivity index is 1.40. The van der Waals surface area contributed by atoms with Crippen molar-refractivity contribution in [3.8, 4) is 0 Å². The highest BCUT2D eigenvalue weighted by Crippen LogP contribution is 2.33. The van der Waals surface area contributed by atoms with E-state index < -0.39 is 0 Å². The Bertz CT molecular complexity index is 735. The van der Waals surface area contributed by atoms with Crippen molar-refractivity contribution < 1.29 is 14.3 Å². The molecule has 3 heterocycles. The number of morpholine rings is 1. The minimum absolute atomic E-state index is 0.324. The van der Waals surface area contributed by atoms with Gasteiger partial charge in [0, 0.05) is 39.4 Å². The number of hydrogen-bond donors (Lipinski definition) is 0. The van der Waals surface area contributed by atoms with Crippen LogP contribution in [0.2, 0.25) is 0 Å². The van der Waals surface area contributed by atoms with Crippen molar-refractivity contribution in [3.05, 3.63) is 41.0 Å². The molecule has 3 saturated heterocycles. The third-order valence-electron chi connectivity index (χ3n) is 7.24. The van der Waals surface area contributed by atoms with Crippen LogP contribution in [0.15, 0.2) is 24.3 Å². The summed E-state index contributed by atoms with van der Waals surface area (Å²) >= 11 is 0. The minimum Gasteiger partial charge on any atom is -0.381 e. The number of hydrogen-bond acceptors (Lipinski definition) is 4. The highest BCUT2D eigenvalue weighted by atomic mass is 16.5. The van der Waals surface area contributed by atoms with E-state index in [0.29, 0.717) is 25.0 Å². The highest BCUT2D eigenvalue weighted by Gasteiger charge is 2.47. The summed E-state index contributed by atoms with van der Waals surface area (Å²) in [6, 6.07) is 6.46. The fourth-order valence-electron chi connectivity index (χ4n) is 5.28. The molecule has 3 fully saturated rings. The maximum atomic E-state index is 13.7. The minimum atomic E-state index is -0.386. The highest BCUT2D eigenvalue weighted by molar-refractivity contribution is 5.86. The predicted octanol–water partition coefficient (Wildman–Crippen LogP) is 3.44. The van der Waals surface area contributed by atoms with Gasteiger partial charge in [0.15, 0.2) is 0 Å². The summed E-state index contributed by atoms with van der Waals surface area (Å²) in [7, 11) is 0. The number of allylic oxidation sites excluding steroid dienone is 1. The number of carbonyl (C=O) groups excluding carboxylic acids is 1. The zero-order chi connectivity index (χ0) is 21.0. The normalized spacial score (nSPS) is 23.7. The first kappa shape index (κ1) is 21.5. The van der Waals surface area contributed by atoms with Gasteiger partial charge in [-0.3, -0.25) is 9.69 Å². The van der Waals surface area contributed by atoms with Gasteiger partial charge in [0.05, 0.1) is 13.2 Å². The predicted molar refractivity (Wildman–Crippen MR) is 119 cm³/mol. The van der Waals surface area contributed by atoms with E-state index in [9.17, 15) is 4.79 Å². The van der Waals surface area contributed by atoms with Crippen LogP contribution in [-0.4, -0.2) is 73.9 Å². The summed E-state index contributed by atoms with van der Waals surface area (Å²) in [6.45, 7) is 10.6. The maximum Gasteiger partial charge on any atom is 0.243 e. The molecule has 3 aliphatic rings. The molecular weight excluding hydrogens is 376 g/mol. The van der Waals surface area contributed by atoms with Gasteiger partial charge < -0.3 is 14.4 Å². The van der Waals surface area contributed by atoms with E-state index in [4.69, 9.17) is 9.47 Å². The fourth-order valence-corrected chi connectivity index (χ4v) is 5.28. The first-order chi connectivity index (χ1) is 14.6. The molecule has 5 heteroatoms. The van der Waals surface area contributed by atoms with E-state index >= 15 is 0 Å². The van der Waals surface area contributed by atoms with Crippen molar-refractivity contribution in [3.63, 3.8) is 0 Å². The van der Waals surface area contributed by atoms with Gasteiger partial charge >= 0.3 is 0 Å². The van der Waals surface area contributed by atoms with Gasteiger partial charge in [-0.1, -0.05) is 30.4 Å². The van der Waals surface area contributed by atoms with Gasteiger partial charge in [0.2, 0.25) is 5.91 Å². The average molecular weight is 413 g/mol. The van der Waals surface area contributed by atoms with Gasteiger partial charge in [0.25, 0.3) is 0 Å². The molecule has 164 valence electrons. The summed E-state index contributed by atoms with van der Waals surface area (Å²) in [4.78, 5) is 18.2. The first-order valence-corrected chi connectivity index (χ1v) is 11.5. The maximum absolute atomic E-state index is 13.7. The summed E-state index contributed by atoms with van der Waals surface area (Å²) in [5, 5.41) is 0. The van der Waals surface area contributed by atoms with Crippen LogP contribution in [0.5, 0.6) is 0 Å². The van der Waals surface area contributed by atoms with Gasteiger partial charge in [-0.2, -0.15) is 0 Å². The number of rotatable bonds is 4. The number of benzene rings is 1. The number of ether oxygens (including phenoxy) is 2. The van der Waals surface area contributed by atoms with Crippen molar-refractivity contribution in [2.24, 2.45) is 5.92 Å². The van der Waals surface area contributed by atoms with Gasteiger partial charge in [0.1, 0.15) is 5.54 Å². The van der Waals surface area contributed by atoms with E-state index in [1.807, 2.05) is 0 Å². The zero-order valence-electron chi connectivity index (χ0n) is 18.6. The molecule has 0 radical (unpaired) electrons. The zero-order valence-corrected chi connectivity index (χ0v) is 18.6. The number of aryl methyl sites for hydroxylation is 2. The SMILES string of the molecule is Cc1cccc(C)c1/C=C/C1CCN(C(=O)C2(N3CCOCC3)CCOCC2)CC1. The molecule has 30 heavy (non-hydrogen) atoms. The largest absolute Gasteiger partial charge is 0.381 e. The lowest BCUT2D eigenvalue weighted by atomic mass is 9.84. The monoisotopic (exact) mass is 412 g/mol. The summed E-state index contributed by atoms with van der Waals surface area (Å²) in [5.41, 5.74) is 3.60. The summed E-state index contributed by atoms with van der Waals surface area (Å²) in [5.74, 6) is 0.868. The first-order valence-electron chi connectivity index (χ1n) is 11.5. The molecule has 4 rings (SSSR count). The lowest BCUT2D eigenvalue weighted by Crippen LogP contribution is -2.64. The fraction of sp³-hybridized carbons (Fsp3) is 0.640. The average Bonchev–Trinajstić information content (AvgIpc) is 2.80. The Morgan fingerprint density at radius 2 is 1.57 bits per heavy atom. The van der Waals surface area contributed by atoms with Crippen LogP contribution < -0.4 is 0 Å². The second kappa shape index (κ2) is 9.63. The van der Waals surface area contributed by atoms with Crippen LogP contribution in [0, 0.1) is 19.8 Å². The molecule has 0 spiro atoms. The molecule has 0 aromatic heterocycles. The van der Waals surface area contributed by atoms with Crippen molar-refractivity contribution in [1.29, 1.82) is 0 Å². The van der Waals surface area contributed by atoms with E-state index in [-0.39, 0.29) is 5.54 Å². The van der Waals surface area contributed by atoms with E-state index in [2.05, 4.69) is 54.0 Å². The molecule has 0 saturated carbocycles. The number of nitrogens with zero attached hydrogens (tertiary/aromatic N) is 2. The Labute approximate surface area is 181 Å². The molecule has 1 aromatic rings. The number of amides is 1.